The number of halogens is 2. The van der Waals surface area contributed by atoms with Crippen molar-refractivity contribution in [3.8, 4) is 22.4 Å². The molecule has 0 saturated carbocycles. The monoisotopic (exact) mass is 736 g/mol. The number of esters is 1. The lowest BCUT2D eigenvalue weighted by molar-refractivity contribution is -0.301. The molecule has 2 atom stereocenters. The minimum atomic E-state index is -4.18. The van der Waals surface area contributed by atoms with Gasteiger partial charge in [0.25, 0.3) is 0 Å². The Morgan fingerprint density at radius 2 is 1.48 bits per heavy atom. The van der Waals surface area contributed by atoms with Gasteiger partial charge in [-0.2, -0.15) is 4.31 Å². The van der Waals surface area contributed by atoms with Crippen LogP contribution in [0.3, 0.4) is 0 Å². The molecular weight excluding hydrogens is 687 g/mol. The van der Waals surface area contributed by atoms with Crippen LogP contribution >= 0.6 is 0 Å². The highest BCUT2D eigenvalue weighted by molar-refractivity contribution is 7.89. The summed E-state index contributed by atoms with van der Waals surface area (Å²) in [5, 5.41) is 0. The molecule has 0 spiro atoms. The van der Waals surface area contributed by atoms with Crippen molar-refractivity contribution in [2.75, 3.05) is 7.05 Å². The highest BCUT2D eigenvalue weighted by Crippen LogP contribution is 2.46. The van der Waals surface area contributed by atoms with Gasteiger partial charge < -0.3 is 18.8 Å². The lowest BCUT2D eigenvalue weighted by Crippen LogP contribution is -2.46. The predicted molar refractivity (Wildman–Crippen MR) is 198 cm³/mol. The third-order valence-electron chi connectivity index (χ3n) is 8.89. The summed E-state index contributed by atoms with van der Waals surface area (Å²) in [4.78, 5) is 12.9. The van der Waals surface area contributed by atoms with Crippen LogP contribution in [-0.2, 0) is 42.1 Å². The van der Waals surface area contributed by atoms with Crippen molar-refractivity contribution in [3.05, 3.63) is 102 Å². The van der Waals surface area contributed by atoms with Gasteiger partial charge in [-0.3, -0.25) is 4.79 Å². The summed E-state index contributed by atoms with van der Waals surface area (Å²) in [5.74, 6) is -2.52. The number of sulfonamides is 1. The summed E-state index contributed by atoms with van der Waals surface area (Å²) >= 11 is 0. The molecule has 4 aromatic rings. The normalized spacial score (nSPS) is 17.8. The highest BCUT2D eigenvalue weighted by Gasteiger charge is 2.39. The Kier molecular flexibility index (Phi) is 11.8. The van der Waals surface area contributed by atoms with Gasteiger partial charge in [0, 0.05) is 37.8 Å². The van der Waals surface area contributed by atoms with E-state index in [1.807, 2.05) is 69.5 Å². The number of ether oxygens (including phenoxy) is 3. The number of rotatable bonds is 12. The van der Waals surface area contributed by atoms with Crippen molar-refractivity contribution in [1.29, 1.82) is 0 Å². The van der Waals surface area contributed by atoms with E-state index in [-0.39, 0.29) is 35.9 Å². The van der Waals surface area contributed by atoms with Gasteiger partial charge in [0.1, 0.15) is 22.1 Å². The van der Waals surface area contributed by atoms with Gasteiger partial charge in [0.15, 0.2) is 5.79 Å². The second-order valence-electron chi connectivity index (χ2n) is 15.2. The zero-order valence-corrected chi connectivity index (χ0v) is 32.1. The molecule has 1 aromatic heterocycles. The van der Waals surface area contributed by atoms with E-state index in [1.54, 1.807) is 45.2 Å². The molecule has 0 bridgehead atoms. The molecule has 1 aliphatic heterocycles. The number of aromatic nitrogens is 1. The average Bonchev–Trinajstić information content (AvgIpc) is 3.39. The van der Waals surface area contributed by atoms with Crippen LogP contribution in [0.2, 0.25) is 0 Å². The summed E-state index contributed by atoms with van der Waals surface area (Å²) in [6, 6.07) is 21.1. The molecule has 280 valence electrons. The van der Waals surface area contributed by atoms with Crippen LogP contribution in [0.25, 0.3) is 22.4 Å². The maximum atomic E-state index is 14.9. The van der Waals surface area contributed by atoms with Gasteiger partial charge in [-0.05, 0) is 100 Å². The molecular formula is C41H50F2N2O6S. The van der Waals surface area contributed by atoms with E-state index in [4.69, 9.17) is 14.2 Å². The molecule has 1 fully saturated rings. The minimum Gasteiger partial charge on any atom is -0.460 e. The SMILES string of the molecule is CC(C)c1c(S(=O)(=O)N(C)Cc2ccccc2)c(-c2ccc(F)cc2)c(-c2ccc(F)cc2)n1CC[C@@H]1C[C@H](CC(=O)OC(C)(C)C)OC(C)(C)O1. The average molecular weight is 737 g/mol. The molecule has 5 rings (SSSR count). The van der Waals surface area contributed by atoms with Crippen LogP contribution in [0, 0.1) is 11.6 Å². The van der Waals surface area contributed by atoms with Gasteiger partial charge in [-0.15, -0.1) is 0 Å². The summed E-state index contributed by atoms with van der Waals surface area (Å²) in [6.07, 6.45) is 0.124. The van der Waals surface area contributed by atoms with E-state index in [1.165, 1.54) is 28.6 Å². The quantitative estimate of drug-likeness (QED) is 0.135. The molecule has 0 amide bonds. The van der Waals surface area contributed by atoms with Crippen LogP contribution in [0.4, 0.5) is 8.78 Å². The van der Waals surface area contributed by atoms with Crippen molar-refractivity contribution in [1.82, 2.24) is 8.87 Å². The number of hydrogen-bond acceptors (Lipinski definition) is 6. The van der Waals surface area contributed by atoms with E-state index in [0.29, 0.717) is 47.5 Å². The summed E-state index contributed by atoms with van der Waals surface area (Å²) < 4.78 is 79.9. The molecule has 52 heavy (non-hydrogen) atoms. The zero-order chi connectivity index (χ0) is 38.0. The molecule has 8 nitrogen and oxygen atoms in total. The van der Waals surface area contributed by atoms with Gasteiger partial charge in [-0.1, -0.05) is 56.3 Å². The van der Waals surface area contributed by atoms with Crippen molar-refractivity contribution in [2.24, 2.45) is 0 Å². The number of benzene rings is 3. The van der Waals surface area contributed by atoms with E-state index in [9.17, 15) is 22.0 Å². The predicted octanol–water partition coefficient (Wildman–Crippen LogP) is 9.08. The first-order valence-electron chi connectivity index (χ1n) is 17.7. The Labute approximate surface area is 306 Å². The Bertz CT molecular complexity index is 1950. The van der Waals surface area contributed by atoms with Crippen molar-refractivity contribution < 1.29 is 36.2 Å². The third kappa shape index (κ3) is 9.36. The van der Waals surface area contributed by atoms with Gasteiger partial charge in [-0.25, -0.2) is 17.2 Å². The first-order valence-corrected chi connectivity index (χ1v) is 19.1. The fourth-order valence-corrected chi connectivity index (χ4v) is 8.63. The van der Waals surface area contributed by atoms with Crippen molar-refractivity contribution in [2.45, 2.75) is 115 Å². The second kappa shape index (κ2) is 15.6. The van der Waals surface area contributed by atoms with Crippen molar-refractivity contribution >= 4 is 16.0 Å². The summed E-state index contributed by atoms with van der Waals surface area (Å²) in [6.45, 7) is 13.4. The molecule has 0 radical (unpaired) electrons. The van der Waals surface area contributed by atoms with Gasteiger partial charge in [0.2, 0.25) is 10.0 Å². The molecule has 0 unspecified atom stereocenters. The topological polar surface area (TPSA) is 87.1 Å². The van der Waals surface area contributed by atoms with E-state index in [2.05, 4.69) is 0 Å². The standard InChI is InChI=1S/C41H50F2N2O6S/c1-27(2)37-39(52(47,48)44(8)26-28-12-10-9-11-13-28)36(29-14-18-31(42)19-15-29)38(30-16-20-32(43)21-17-30)45(37)23-22-33-24-34(50-41(6,7)49-33)25-35(46)51-40(3,4)5/h9-21,27,33-34H,22-26H2,1-8H3/t33-,34-/m1/s1. The minimum absolute atomic E-state index is 0.0625. The molecule has 0 aliphatic carbocycles. The highest BCUT2D eigenvalue weighted by atomic mass is 32.2. The molecule has 1 aliphatic rings. The number of nitrogens with zero attached hydrogens (tertiary/aromatic N) is 2. The third-order valence-corrected chi connectivity index (χ3v) is 10.8. The molecule has 11 heteroatoms. The van der Waals surface area contributed by atoms with E-state index in [0.717, 1.165) is 5.56 Å². The fourth-order valence-electron chi connectivity index (χ4n) is 6.92. The van der Waals surface area contributed by atoms with E-state index < -0.39 is 39.1 Å². The maximum absolute atomic E-state index is 14.9. The smallest absolute Gasteiger partial charge is 0.308 e. The van der Waals surface area contributed by atoms with Gasteiger partial charge in [0.05, 0.1) is 24.3 Å². The molecule has 1 saturated heterocycles. The number of carbonyl (C=O) groups is 1. The van der Waals surface area contributed by atoms with Crippen LogP contribution in [0.15, 0.2) is 83.8 Å². The summed E-state index contributed by atoms with van der Waals surface area (Å²) in [5.41, 5.74) is 2.84. The fraction of sp³-hybridized carbons (Fsp3) is 0.439. The largest absolute Gasteiger partial charge is 0.460 e. The lowest BCUT2D eigenvalue weighted by atomic mass is 10.00. The van der Waals surface area contributed by atoms with Crippen LogP contribution in [0.5, 0.6) is 0 Å². The summed E-state index contributed by atoms with van der Waals surface area (Å²) in [7, 11) is -2.62. The molecule has 3 aromatic carbocycles. The Balaban J connectivity index is 1.65. The van der Waals surface area contributed by atoms with Crippen molar-refractivity contribution in [3.63, 3.8) is 0 Å². The van der Waals surface area contributed by atoms with Crippen LogP contribution in [-0.4, -0.2) is 53.9 Å². The molecule has 2 heterocycles. The molecule has 0 N–H and O–H groups in total. The first-order chi connectivity index (χ1) is 24.3. The van der Waals surface area contributed by atoms with Crippen LogP contribution < -0.4 is 0 Å². The Morgan fingerprint density at radius 3 is 2.04 bits per heavy atom. The number of hydrogen-bond donors (Lipinski definition) is 0. The first kappa shape index (κ1) is 39.3. The Hall–Kier alpha value is -3.90. The number of carbonyl (C=O) groups excluding carboxylic acids is 1. The zero-order valence-electron chi connectivity index (χ0n) is 31.3. The van der Waals surface area contributed by atoms with E-state index >= 15 is 0 Å². The Morgan fingerprint density at radius 1 is 0.923 bits per heavy atom. The van der Waals surface area contributed by atoms with Gasteiger partial charge >= 0.3 is 5.97 Å². The lowest BCUT2D eigenvalue weighted by Gasteiger charge is -2.41. The maximum Gasteiger partial charge on any atom is 0.308 e. The second-order valence-corrected chi connectivity index (χ2v) is 17.2. The van der Waals surface area contributed by atoms with Crippen LogP contribution in [0.1, 0.15) is 84.9 Å².